The van der Waals surface area contributed by atoms with Crippen LogP contribution in [0.5, 0.6) is 0 Å². The number of rotatable bonds is 3. The predicted octanol–water partition coefficient (Wildman–Crippen LogP) is 2.76. The first-order valence-corrected chi connectivity index (χ1v) is 7.84. The van der Waals surface area contributed by atoms with Gasteiger partial charge in [-0.3, -0.25) is 0 Å². The first-order chi connectivity index (χ1) is 9.70. The molecule has 1 aliphatic heterocycles. The lowest BCUT2D eigenvalue weighted by atomic mass is 9.99. The van der Waals surface area contributed by atoms with Crippen LogP contribution in [0, 0.1) is 13.8 Å². The largest absolute Gasteiger partial charge is 0.316 e. The third kappa shape index (κ3) is 3.13. The molecule has 6 heteroatoms. The van der Waals surface area contributed by atoms with Crippen LogP contribution in [0.4, 0.5) is 10.9 Å². The predicted molar refractivity (Wildman–Crippen MR) is 81.7 cm³/mol. The number of thiazole rings is 1. The van der Waals surface area contributed by atoms with E-state index in [4.69, 9.17) is 0 Å². The van der Waals surface area contributed by atoms with Gasteiger partial charge in [-0.25, -0.2) is 15.0 Å². The van der Waals surface area contributed by atoms with Crippen LogP contribution in [0.2, 0.25) is 0 Å². The average Bonchev–Trinajstić information content (AvgIpc) is 2.84. The van der Waals surface area contributed by atoms with Crippen molar-refractivity contribution in [2.75, 3.05) is 18.4 Å². The first-order valence-electron chi connectivity index (χ1n) is 6.96. The summed E-state index contributed by atoms with van der Waals surface area (Å²) in [4.78, 5) is 13.7. The second kappa shape index (κ2) is 5.85. The number of anilines is 2. The topological polar surface area (TPSA) is 62.7 Å². The molecule has 2 aromatic heterocycles. The molecule has 0 bridgehead atoms. The lowest BCUT2D eigenvalue weighted by molar-refractivity contribution is 0.446. The molecule has 106 valence electrons. The van der Waals surface area contributed by atoms with Crippen molar-refractivity contribution in [2.45, 2.75) is 32.6 Å². The molecule has 3 heterocycles. The number of hydrogen-bond donors (Lipinski definition) is 2. The number of hydrogen-bond acceptors (Lipinski definition) is 6. The minimum absolute atomic E-state index is 0.419. The van der Waals surface area contributed by atoms with Gasteiger partial charge in [0, 0.05) is 29.6 Å². The molecule has 0 spiro atoms. The Kier molecular flexibility index (Phi) is 3.93. The molecule has 1 atom stereocenters. The van der Waals surface area contributed by atoms with Crippen molar-refractivity contribution < 1.29 is 0 Å². The molecule has 5 nitrogen and oxygen atoms in total. The number of nitrogens with one attached hydrogen (secondary N) is 2. The summed E-state index contributed by atoms with van der Waals surface area (Å²) in [5.74, 6) is 2.20. The van der Waals surface area contributed by atoms with Crippen LogP contribution >= 0.6 is 11.3 Å². The molecule has 2 aromatic rings. The zero-order chi connectivity index (χ0) is 13.9. The van der Waals surface area contributed by atoms with E-state index in [1.165, 1.54) is 6.42 Å². The summed E-state index contributed by atoms with van der Waals surface area (Å²) in [5, 5.41) is 9.61. The minimum atomic E-state index is 0.419. The Morgan fingerprint density at radius 2 is 2.15 bits per heavy atom. The molecule has 20 heavy (non-hydrogen) atoms. The molecular weight excluding hydrogens is 270 g/mol. The minimum Gasteiger partial charge on any atom is -0.316 e. The molecular formula is C14H19N5S. The van der Waals surface area contributed by atoms with Gasteiger partial charge in [-0.2, -0.15) is 0 Å². The number of aryl methyl sites for hydroxylation is 2. The first kappa shape index (κ1) is 13.5. The van der Waals surface area contributed by atoms with Crippen molar-refractivity contribution in [1.29, 1.82) is 0 Å². The Morgan fingerprint density at radius 3 is 2.85 bits per heavy atom. The van der Waals surface area contributed by atoms with Crippen LogP contribution in [0.3, 0.4) is 0 Å². The molecule has 0 saturated carbocycles. The fourth-order valence-electron chi connectivity index (χ4n) is 2.43. The third-order valence-electron chi connectivity index (χ3n) is 3.39. The molecule has 0 aliphatic carbocycles. The van der Waals surface area contributed by atoms with Gasteiger partial charge in [0.15, 0.2) is 5.13 Å². The van der Waals surface area contributed by atoms with E-state index in [9.17, 15) is 0 Å². The summed E-state index contributed by atoms with van der Waals surface area (Å²) in [6.45, 7) is 6.08. The van der Waals surface area contributed by atoms with E-state index < -0.39 is 0 Å². The van der Waals surface area contributed by atoms with Gasteiger partial charge in [-0.15, -0.1) is 11.3 Å². The summed E-state index contributed by atoms with van der Waals surface area (Å²) in [6, 6.07) is 1.97. The van der Waals surface area contributed by atoms with E-state index in [1.807, 2.05) is 25.3 Å². The normalized spacial score (nSPS) is 19.0. The highest BCUT2D eigenvalue weighted by Gasteiger charge is 2.18. The van der Waals surface area contributed by atoms with Crippen molar-refractivity contribution in [3.8, 4) is 0 Å². The van der Waals surface area contributed by atoms with Crippen molar-refractivity contribution in [2.24, 2.45) is 0 Å². The van der Waals surface area contributed by atoms with Gasteiger partial charge in [-0.1, -0.05) is 0 Å². The van der Waals surface area contributed by atoms with Gasteiger partial charge in [0.2, 0.25) is 0 Å². The van der Waals surface area contributed by atoms with E-state index in [0.717, 1.165) is 47.7 Å². The Morgan fingerprint density at radius 1 is 1.25 bits per heavy atom. The molecule has 2 N–H and O–H groups in total. The van der Waals surface area contributed by atoms with Crippen LogP contribution in [-0.4, -0.2) is 28.0 Å². The lowest BCUT2D eigenvalue weighted by Gasteiger charge is -2.22. The maximum absolute atomic E-state index is 4.67. The van der Waals surface area contributed by atoms with Gasteiger partial charge in [0.25, 0.3) is 0 Å². The second-order valence-electron chi connectivity index (χ2n) is 5.22. The standard InChI is InChI=1S/C14H19N5S/c1-9-6-12(19-14-17-10(2)8-20-14)18-13(16-9)11-4-3-5-15-7-11/h6,8,11,15H,3-5,7H2,1-2H3,(H,16,17,18,19). The average molecular weight is 289 g/mol. The number of aromatic nitrogens is 3. The Labute approximate surface area is 122 Å². The highest BCUT2D eigenvalue weighted by Crippen LogP contribution is 2.24. The molecule has 1 saturated heterocycles. The molecule has 3 rings (SSSR count). The molecule has 1 fully saturated rings. The number of nitrogens with zero attached hydrogens (tertiary/aromatic N) is 3. The van der Waals surface area contributed by atoms with E-state index in [0.29, 0.717) is 5.92 Å². The molecule has 0 aromatic carbocycles. The van der Waals surface area contributed by atoms with Crippen molar-refractivity contribution in [3.63, 3.8) is 0 Å². The summed E-state index contributed by atoms with van der Waals surface area (Å²) >= 11 is 1.60. The van der Waals surface area contributed by atoms with Crippen molar-refractivity contribution in [3.05, 3.63) is 28.7 Å². The van der Waals surface area contributed by atoms with Crippen LogP contribution < -0.4 is 10.6 Å². The lowest BCUT2D eigenvalue weighted by Crippen LogP contribution is -2.29. The van der Waals surface area contributed by atoms with E-state index in [1.54, 1.807) is 11.3 Å². The van der Waals surface area contributed by atoms with Crippen LogP contribution in [0.1, 0.15) is 36.0 Å². The molecule has 0 amide bonds. The molecule has 1 unspecified atom stereocenters. The van der Waals surface area contributed by atoms with Gasteiger partial charge in [0.05, 0.1) is 5.69 Å². The summed E-state index contributed by atoms with van der Waals surface area (Å²) in [5.41, 5.74) is 2.02. The van der Waals surface area contributed by atoms with Gasteiger partial charge in [-0.05, 0) is 33.2 Å². The van der Waals surface area contributed by atoms with E-state index in [2.05, 4.69) is 25.6 Å². The van der Waals surface area contributed by atoms with Crippen LogP contribution in [-0.2, 0) is 0 Å². The van der Waals surface area contributed by atoms with Crippen molar-refractivity contribution in [1.82, 2.24) is 20.3 Å². The van der Waals surface area contributed by atoms with E-state index in [-0.39, 0.29) is 0 Å². The second-order valence-corrected chi connectivity index (χ2v) is 6.07. The SMILES string of the molecule is Cc1cc(Nc2nc(C)cs2)nc(C2CCCNC2)n1. The zero-order valence-corrected chi connectivity index (χ0v) is 12.6. The zero-order valence-electron chi connectivity index (χ0n) is 11.8. The van der Waals surface area contributed by atoms with Gasteiger partial charge >= 0.3 is 0 Å². The smallest absolute Gasteiger partial charge is 0.188 e. The highest BCUT2D eigenvalue weighted by molar-refractivity contribution is 7.13. The summed E-state index contributed by atoms with van der Waals surface area (Å²) in [7, 11) is 0. The summed E-state index contributed by atoms with van der Waals surface area (Å²) < 4.78 is 0. The Hall–Kier alpha value is -1.53. The third-order valence-corrected chi connectivity index (χ3v) is 4.26. The Balaban J connectivity index is 1.82. The van der Waals surface area contributed by atoms with Gasteiger partial charge in [0.1, 0.15) is 11.6 Å². The monoisotopic (exact) mass is 289 g/mol. The fraction of sp³-hybridized carbons (Fsp3) is 0.500. The van der Waals surface area contributed by atoms with Crippen LogP contribution in [0.15, 0.2) is 11.4 Å². The fourth-order valence-corrected chi connectivity index (χ4v) is 3.13. The maximum atomic E-state index is 4.67. The highest BCUT2D eigenvalue weighted by atomic mass is 32.1. The van der Waals surface area contributed by atoms with Gasteiger partial charge < -0.3 is 10.6 Å². The summed E-state index contributed by atoms with van der Waals surface area (Å²) in [6.07, 6.45) is 2.35. The number of piperidine rings is 1. The quantitative estimate of drug-likeness (QED) is 0.909. The van der Waals surface area contributed by atoms with Crippen molar-refractivity contribution >= 4 is 22.3 Å². The molecule has 1 aliphatic rings. The Bertz CT molecular complexity index is 589. The van der Waals surface area contributed by atoms with E-state index >= 15 is 0 Å². The van der Waals surface area contributed by atoms with Crippen LogP contribution in [0.25, 0.3) is 0 Å². The maximum Gasteiger partial charge on any atom is 0.188 e. The molecule has 0 radical (unpaired) electrons.